The monoisotopic (exact) mass is 371 g/mol. The molecule has 1 aliphatic heterocycles. The molecule has 1 amide bonds. The molecule has 1 aliphatic rings. The molecule has 0 unspecified atom stereocenters. The molecule has 7 nitrogen and oxygen atoms in total. The van der Waals surface area contributed by atoms with Crippen LogP contribution in [0, 0.1) is 6.92 Å². The van der Waals surface area contributed by atoms with Gasteiger partial charge < -0.3 is 10.4 Å². The summed E-state index contributed by atoms with van der Waals surface area (Å²) in [6.45, 7) is 4.05. The lowest BCUT2D eigenvalue weighted by Gasteiger charge is -2.35. The number of fused-ring (bicyclic) bond motifs is 1. The minimum atomic E-state index is -0.607. The highest BCUT2D eigenvalue weighted by Crippen LogP contribution is 2.17. The number of thiazole rings is 1. The third-order valence-corrected chi connectivity index (χ3v) is 5.51. The Morgan fingerprint density at radius 2 is 2.31 bits per heavy atom. The molecule has 0 radical (unpaired) electrons. The fraction of sp³-hybridized carbons (Fsp3) is 0.389. The highest BCUT2D eigenvalue weighted by molar-refractivity contribution is 7.09. The third kappa shape index (κ3) is 3.48. The number of piperidine rings is 1. The maximum Gasteiger partial charge on any atom is 0.270 e. The average Bonchev–Trinajstić information content (AvgIpc) is 3.25. The molecule has 136 valence electrons. The largest absolute Gasteiger partial charge is 0.390 e. The number of aromatic nitrogens is 3. The van der Waals surface area contributed by atoms with E-state index in [-0.39, 0.29) is 11.9 Å². The summed E-state index contributed by atoms with van der Waals surface area (Å²) in [6.07, 6.45) is 1.76. The second-order valence-corrected chi connectivity index (χ2v) is 7.67. The van der Waals surface area contributed by atoms with Crippen molar-refractivity contribution in [2.45, 2.75) is 32.0 Å². The van der Waals surface area contributed by atoms with Crippen molar-refractivity contribution in [1.29, 1.82) is 0 Å². The molecule has 0 saturated carbocycles. The molecule has 26 heavy (non-hydrogen) atoms. The molecule has 8 heteroatoms. The van der Waals surface area contributed by atoms with Crippen LogP contribution in [0.15, 0.2) is 35.8 Å². The maximum atomic E-state index is 12.6. The third-order valence-electron chi connectivity index (χ3n) is 4.69. The molecule has 4 heterocycles. The number of aryl methyl sites for hydroxylation is 1. The lowest BCUT2D eigenvalue weighted by Crippen LogP contribution is -2.54. The van der Waals surface area contributed by atoms with E-state index in [1.54, 1.807) is 28.1 Å². The number of carbonyl (C=O) groups is 1. The van der Waals surface area contributed by atoms with Gasteiger partial charge in [-0.05, 0) is 31.5 Å². The lowest BCUT2D eigenvalue weighted by molar-refractivity contribution is 0.0344. The Balaban J connectivity index is 1.39. The van der Waals surface area contributed by atoms with Crippen molar-refractivity contribution in [1.82, 2.24) is 24.8 Å². The zero-order valence-electron chi connectivity index (χ0n) is 14.5. The second-order valence-electron chi connectivity index (χ2n) is 6.61. The SMILES string of the molecule is Cc1nc(CN2CC[C@@H](NC(=O)c3cccc4ccnn34)[C@H](O)C2)cs1. The summed E-state index contributed by atoms with van der Waals surface area (Å²) in [4.78, 5) is 19.3. The zero-order chi connectivity index (χ0) is 18.1. The van der Waals surface area contributed by atoms with Gasteiger partial charge in [-0.1, -0.05) is 6.07 Å². The molecule has 0 aromatic carbocycles. The minimum Gasteiger partial charge on any atom is -0.390 e. The van der Waals surface area contributed by atoms with Gasteiger partial charge in [0.1, 0.15) is 5.69 Å². The number of hydrogen-bond acceptors (Lipinski definition) is 6. The Morgan fingerprint density at radius 3 is 3.08 bits per heavy atom. The number of rotatable bonds is 4. The predicted molar refractivity (Wildman–Crippen MR) is 99.2 cm³/mol. The molecule has 0 spiro atoms. The van der Waals surface area contributed by atoms with Crippen molar-refractivity contribution in [2.24, 2.45) is 0 Å². The normalized spacial score (nSPS) is 21.2. The van der Waals surface area contributed by atoms with Crippen LogP contribution in [0.4, 0.5) is 0 Å². The first-order chi connectivity index (χ1) is 12.6. The second kappa shape index (κ2) is 7.14. The summed E-state index contributed by atoms with van der Waals surface area (Å²) in [5.41, 5.74) is 2.37. The topological polar surface area (TPSA) is 82.8 Å². The van der Waals surface area contributed by atoms with Crippen LogP contribution in [0.25, 0.3) is 5.52 Å². The standard InChI is InChI=1S/C18H21N5O2S/c1-12-20-13(11-26-12)9-22-8-6-15(17(24)10-22)21-18(25)16-4-2-3-14-5-7-19-23(14)16/h2-5,7,11,15,17,24H,6,8-10H2,1H3,(H,21,25)/t15-,17-/m1/s1. The van der Waals surface area contributed by atoms with Crippen molar-refractivity contribution < 1.29 is 9.90 Å². The lowest BCUT2D eigenvalue weighted by atomic mass is 10.0. The summed E-state index contributed by atoms with van der Waals surface area (Å²) in [5.74, 6) is -0.216. The van der Waals surface area contributed by atoms with E-state index in [1.807, 2.05) is 25.1 Å². The summed E-state index contributed by atoms with van der Waals surface area (Å²) < 4.78 is 1.61. The number of pyridine rings is 1. The van der Waals surface area contributed by atoms with Crippen LogP contribution in [0.1, 0.15) is 27.6 Å². The van der Waals surface area contributed by atoms with E-state index in [2.05, 4.69) is 25.7 Å². The van der Waals surface area contributed by atoms with Crippen LogP contribution >= 0.6 is 11.3 Å². The van der Waals surface area contributed by atoms with Crippen LogP contribution in [0.2, 0.25) is 0 Å². The van der Waals surface area contributed by atoms with Crippen LogP contribution < -0.4 is 5.32 Å². The zero-order valence-corrected chi connectivity index (χ0v) is 15.3. The molecule has 3 aromatic heterocycles. The Hall–Kier alpha value is -2.29. The van der Waals surface area contributed by atoms with Crippen molar-refractivity contribution in [3.05, 3.63) is 52.2 Å². The van der Waals surface area contributed by atoms with E-state index >= 15 is 0 Å². The Labute approximate surface area is 155 Å². The maximum absolute atomic E-state index is 12.6. The van der Waals surface area contributed by atoms with E-state index in [9.17, 15) is 9.90 Å². The van der Waals surface area contributed by atoms with Gasteiger partial charge in [-0.3, -0.25) is 9.69 Å². The predicted octanol–water partition coefficient (Wildman–Crippen LogP) is 1.46. The van der Waals surface area contributed by atoms with E-state index in [0.29, 0.717) is 18.7 Å². The molecule has 1 fully saturated rings. The average molecular weight is 371 g/mol. The van der Waals surface area contributed by atoms with Gasteiger partial charge in [0.25, 0.3) is 5.91 Å². The van der Waals surface area contributed by atoms with Crippen LogP contribution in [0.5, 0.6) is 0 Å². The van der Waals surface area contributed by atoms with Crippen LogP contribution in [0.3, 0.4) is 0 Å². The number of aliphatic hydroxyl groups excluding tert-OH is 1. The molecule has 0 aliphatic carbocycles. The number of likely N-dealkylation sites (tertiary alicyclic amines) is 1. The summed E-state index contributed by atoms with van der Waals surface area (Å²) >= 11 is 1.64. The van der Waals surface area contributed by atoms with Gasteiger partial charge in [-0.25, -0.2) is 9.50 Å². The fourth-order valence-electron chi connectivity index (χ4n) is 3.38. The van der Waals surface area contributed by atoms with Gasteiger partial charge in [0.15, 0.2) is 0 Å². The molecule has 2 N–H and O–H groups in total. The fourth-order valence-corrected chi connectivity index (χ4v) is 3.99. The summed E-state index contributed by atoms with van der Waals surface area (Å²) in [6, 6.07) is 7.06. The minimum absolute atomic E-state index is 0.216. The molecular weight excluding hydrogens is 350 g/mol. The van der Waals surface area contributed by atoms with Crippen LogP contribution in [-0.2, 0) is 6.54 Å². The van der Waals surface area contributed by atoms with Crippen molar-refractivity contribution in [2.75, 3.05) is 13.1 Å². The smallest absolute Gasteiger partial charge is 0.270 e. The Kier molecular flexibility index (Phi) is 4.71. The van der Waals surface area contributed by atoms with E-state index in [1.165, 1.54) is 0 Å². The number of β-amino-alcohol motifs (C(OH)–C–C–N with tert-alkyl or cyclic N) is 1. The summed E-state index contributed by atoms with van der Waals surface area (Å²) in [5, 5.41) is 20.8. The number of amides is 1. The number of aliphatic hydroxyl groups is 1. The summed E-state index contributed by atoms with van der Waals surface area (Å²) in [7, 11) is 0. The highest BCUT2D eigenvalue weighted by Gasteiger charge is 2.29. The van der Waals surface area contributed by atoms with Crippen molar-refractivity contribution in [3.8, 4) is 0 Å². The molecular formula is C18H21N5O2S. The quantitative estimate of drug-likeness (QED) is 0.726. The van der Waals surface area contributed by atoms with Gasteiger partial charge in [0.05, 0.1) is 34.6 Å². The molecule has 1 saturated heterocycles. The number of hydrogen-bond donors (Lipinski definition) is 2. The van der Waals surface area contributed by atoms with Gasteiger partial charge in [-0.2, -0.15) is 5.10 Å². The number of carbonyl (C=O) groups excluding carboxylic acids is 1. The first kappa shape index (κ1) is 17.1. The van der Waals surface area contributed by atoms with E-state index in [4.69, 9.17) is 0 Å². The van der Waals surface area contributed by atoms with Gasteiger partial charge in [0.2, 0.25) is 0 Å². The van der Waals surface area contributed by atoms with E-state index in [0.717, 1.165) is 29.3 Å². The molecule has 3 aromatic rings. The first-order valence-electron chi connectivity index (χ1n) is 8.65. The molecule has 0 bridgehead atoms. The van der Waals surface area contributed by atoms with Crippen molar-refractivity contribution >= 4 is 22.8 Å². The van der Waals surface area contributed by atoms with Crippen LogP contribution in [-0.4, -0.2) is 55.7 Å². The van der Waals surface area contributed by atoms with Crippen molar-refractivity contribution in [3.63, 3.8) is 0 Å². The Morgan fingerprint density at radius 1 is 1.42 bits per heavy atom. The van der Waals surface area contributed by atoms with Gasteiger partial charge in [0, 0.05) is 25.0 Å². The van der Waals surface area contributed by atoms with E-state index < -0.39 is 6.10 Å². The molecule has 2 atom stereocenters. The number of nitrogens with zero attached hydrogens (tertiary/aromatic N) is 4. The molecule has 4 rings (SSSR count). The Bertz CT molecular complexity index is 921. The highest BCUT2D eigenvalue weighted by atomic mass is 32.1. The first-order valence-corrected chi connectivity index (χ1v) is 9.53. The number of nitrogens with one attached hydrogen (secondary N) is 1. The van der Waals surface area contributed by atoms with Gasteiger partial charge in [-0.15, -0.1) is 11.3 Å². The van der Waals surface area contributed by atoms with Gasteiger partial charge >= 0.3 is 0 Å².